The Morgan fingerprint density at radius 2 is 2.12 bits per heavy atom. The molecule has 0 spiro atoms. The minimum atomic E-state index is -0.385. The maximum atomic E-state index is 12.2. The standard InChI is InChI=1S/C13H25NO3/c1-10(15)9-12-7-5-4-6-8-14(12)13(16)11(2)17-3/h10-12,15H,4-9H2,1-3H3. The van der Waals surface area contributed by atoms with Crippen molar-refractivity contribution in [3.8, 4) is 0 Å². The van der Waals surface area contributed by atoms with E-state index < -0.39 is 0 Å². The molecule has 0 aliphatic carbocycles. The molecule has 0 bridgehead atoms. The summed E-state index contributed by atoms with van der Waals surface area (Å²) < 4.78 is 5.11. The second-order valence-corrected chi connectivity index (χ2v) is 5.00. The predicted octanol–water partition coefficient (Wildman–Crippen LogP) is 1.56. The lowest BCUT2D eigenvalue weighted by Gasteiger charge is -2.32. The van der Waals surface area contributed by atoms with Gasteiger partial charge in [-0.05, 0) is 33.1 Å². The molecule has 1 aliphatic heterocycles. The lowest BCUT2D eigenvalue weighted by Crippen LogP contribution is -2.46. The number of rotatable bonds is 4. The minimum absolute atomic E-state index is 0.0556. The summed E-state index contributed by atoms with van der Waals surface area (Å²) in [6.45, 7) is 4.36. The van der Waals surface area contributed by atoms with Crippen molar-refractivity contribution in [2.24, 2.45) is 0 Å². The fourth-order valence-electron chi connectivity index (χ4n) is 2.44. The zero-order chi connectivity index (χ0) is 12.8. The monoisotopic (exact) mass is 243 g/mol. The summed E-state index contributed by atoms with van der Waals surface area (Å²) in [5.41, 5.74) is 0. The van der Waals surface area contributed by atoms with Gasteiger partial charge in [-0.2, -0.15) is 0 Å². The molecule has 1 fully saturated rings. The normalized spacial score (nSPS) is 25.2. The molecule has 1 aliphatic rings. The number of ether oxygens (including phenoxy) is 1. The van der Waals surface area contributed by atoms with E-state index in [-0.39, 0.29) is 24.2 Å². The molecule has 1 N–H and O–H groups in total. The van der Waals surface area contributed by atoms with E-state index >= 15 is 0 Å². The molecule has 1 rings (SSSR count). The number of hydrogen-bond donors (Lipinski definition) is 1. The molecular formula is C13H25NO3. The Morgan fingerprint density at radius 1 is 1.41 bits per heavy atom. The van der Waals surface area contributed by atoms with Gasteiger partial charge in [0.2, 0.25) is 0 Å². The van der Waals surface area contributed by atoms with Crippen molar-refractivity contribution in [1.29, 1.82) is 0 Å². The first-order chi connectivity index (χ1) is 8.06. The zero-order valence-electron chi connectivity index (χ0n) is 11.2. The van der Waals surface area contributed by atoms with Gasteiger partial charge in [0.1, 0.15) is 6.10 Å². The summed E-state index contributed by atoms with van der Waals surface area (Å²) in [6, 6.07) is 0.169. The SMILES string of the molecule is COC(C)C(=O)N1CCCCCC1CC(C)O. The van der Waals surface area contributed by atoms with Crippen LogP contribution in [0.5, 0.6) is 0 Å². The fraction of sp³-hybridized carbons (Fsp3) is 0.923. The Hall–Kier alpha value is -0.610. The molecule has 0 aromatic rings. The highest BCUT2D eigenvalue weighted by Crippen LogP contribution is 2.21. The fourth-order valence-corrected chi connectivity index (χ4v) is 2.44. The van der Waals surface area contributed by atoms with Crippen LogP contribution in [-0.4, -0.2) is 47.8 Å². The molecular weight excluding hydrogens is 218 g/mol. The molecule has 0 radical (unpaired) electrons. The molecule has 1 saturated heterocycles. The van der Waals surface area contributed by atoms with E-state index in [1.165, 1.54) is 6.42 Å². The third kappa shape index (κ3) is 4.28. The van der Waals surface area contributed by atoms with Crippen LogP contribution >= 0.6 is 0 Å². The van der Waals surface area contributed by atoms with E-state index in [9.17, 15) is 9.90 Å². The van der Waals surface area contributed by atoms with Gasteiger partial charge in [-0.3, -0.25) is 4.79 Å². The molecule has 4 heteroatoms. The van der Waals surface area contributed by atoms with Crippen LogP contribution < -0.4 is 0 Å². The second-order valence-electron chi connectivity index (χ2n) is 5.00. The Kier molecular flexibility index (Phi) is 5.92. The summed E-state index contributed by atoms with van der Waals surface area (Å²) in [5, 5.41) is 9.52. The van der Waals surface area contributed by atoms with Crippen LogP contribution in [0.15, 0.2) is 0 Å². The number of likely N-dealkylation sites (tertiary alicyclic amines) is 1. The van der Waals surface area contributed by atoms with Crippen LogP contribution in [0.1, 0.15) is 46.0 Å². The Balaban J connectivity index is 2.70. The maximum absolute atomic E-state index is 12.2. The summed E-state index contributed by atoms with van der Waals surface area (Å²) in [6.07, 6.45) is 4.29. The molecule has 1 heterocycles. The number of carbonyl (C=O) groups excluding carboxylic acids is 1. The van der Waals surface area contributed by atoms with E-state index in [0.717, 1.165) is 25.8 Å². The van der Waals surface area contributed by atoms with Crippen molar-refractivity contribution in [2.45, 2.75) is 64.2 Å². The molecule has 4 nitrogen and oxygen atoms in total. The first-order valence-electron chi connectivity index (χ1n) is 6.57. The molecule has 0 saturated carbocycles. The van der Waals surface area contributed by atoms with Crippen LogP contribution in [0.25, 0.3) is 0 Å². The van der Waals surface area contributed by atoms with Crippen molar-refractivity contribution in [3.63, 3.8) is 0 Å². The average molecular weight is 243 g/mol. The Morgan fingerprint density at radius 3 is 2.71 bits per heavy atom. The topological polar surface area (TPSA) is 49.8 Å². The van der Waals surface area contributed by atoms with E-state index in [1.54, 1.807) is 21.0 Å². The Labute approximate surface area is 104 Å². The quantitative estimate of drug-likeness (QED) is 0.815. The molecule has 0 aromatic carbocycles. The highest BCUT2D eigenvalue weighted by atomic mass is 16.5. The third-order valence-electron chi connectivity index (χ3n) is 3.47. The second kappa shape index (κ2) is 6.97. The number of nitrogens with zero attached hydrogens (tertiary/aromatic N) is 1. The van der Waals surface area contributed by atoms with E-state index in [2.05, 4.69) is 0 Å². The van der Waals surface area contributed by atoms with Gasteiger partial charge in [0.05, 0.1) is 6.10 Å². The maximum Gasteiger partial charge on any atom is 0.251 e. The van der Waals surface area contributed by atoms with Crippen LogP contribution in [0.4, 0.5) is 0 Å². The predicted molar refractivity (Wildman–Crippen MR) is 66.7 cm³/mol. The van der Waals surface area contributed by atoms with E-state index in [4.69, 9.17) is 4.74 Å². The van der Waals surface area contributed by atoms with Crippen molar-refractivity contribution >= 4 is 5.91 Å². The van der Waals surface area contributed by atoms with Crippen LogP contribution in [0.3, 0.4) is 0 Å². The summed E-state index contributed by atoms with van der Waals surface area (Å²) in [7, 11) is 1.56. The van der Waals surface area contributed by atoms with Crippen LogP contribution in [-0.2, 0) is 9.53 Å². The number of methoxy groups -OCH3 is 1. The highest BCUT2D eigenvalue weighted by Gasteiger charge is 2.29. The molecule has 0 aromatic heterocycles. The van der Waals surface area contributed by atoms with Gasteiger partial charge in [-0.25, -0.2) is 0 Å². The number of aliphatic hydroxyl groups is 1. The largest absolute Gasteiger partial charge is 0.393 e. The van der Waals surface area contributed by atoms with E-state index in [0.29, 0.717) is 6.42 Å². The van der Waals surface area contributed by atoms with Gasteiger partial charge in [0.15, 0.2) is 0 Å². The first kappa shape index (κ1) is 14.5. The number of amides is 1. The molecule has 3 atom stereocenters. The molecule has 1 amide bonds. The minimum Gasteiger partial charge on any atom is -0.393 e. The Bertz CT molecular complexity index is 243. The molecule has 3 unspecified atom stereocenters. The summed E-state index contributed by atoms with van der Waals surface area (Å²) in [4.78, 5) is 14.1. The lowest BCUT2D eigenvalue weighted by atomic mass is 10.0. The summed E-state index contributed by atoms with van der Waals surface area (Å²) >= 11 is 0. The number of hydrogen-bond acceptors (Lipinski definition) is 3. The average Bonchev–Trinajstić information content (AvgIpc) is 2.51. The van der Waals surface area contributed by atoms with Gasteiger partial charge < -0.3 is 14.7 Å². The van der Waals surface area contributed by atoms with Gasteiger partial charge in [-0.1, -0.05) is 12.8 Å². The number of carbonyl (C=O) groups is 1. The van der Waals surface area contributed by atoms with Crippen molar-refractivity contribution in [2.75, 3.05) is 13.7 Å². The van der Waals surface area contributed by atoms with Gasteiger partial charge in [0, 0.05) is 19.7 Å². The van der Waals surface area contributed by atoms with Gasteiger partial charge in [0.25, 0.3) is 5.91 Å². The number of aliphatic hydroxyl groups excluding tert-OH is 1. The third-order valence-corrected chi connectivity index (χ3v) is 3.47. The van der Waals surface area contributed by atoms with Crippen molar-refractivity contribution < 1.29 is 14.6 Å². The molecule has 100 valence electrons. The molecule has 17 heavy (non-hydrogen) atoms. The lowest BCUT2D eigenvalue weighted by molar-refractivity contribution is -0.143. The highest BCUT2D eigenvalue weighted by molar-refractivity contribution is 5.80. The van der Waals surface area contributed by atoms with Crippen LogP contribution in [0.2, 0.25) is 0 Å². The zero-order valence-corrected chi connectivity index (χ0v) is 11.2. The first-order valence-corrected chi connectivity index (χ1v) is 6.57. The van der Waals surface area contributed by atoms with Crippen LogP contribution in [0, 0.1) is 0 Å². The van der Waals surface area contributed by atoms with E-state index in [1.807, 2.05) is 4.90 Å². The van der Waals surface area contributed by atoms with Gasteiger partial charge >= 0.3 is 0 Å². The van der Waals surface area contributed by atoms with Crippen molar-refractivity contribution in [1.82, 2.24) is 4.90 Å². The van der Waals surface area contributed by atoms with Crippen molar-refractivity contribution in [3.05, 3.63) is 0 Å². The smallest absolute Gasteiger partial charge is 0.251 e. The summed E-state index contributed by atoms with van der Waals surface area (Å²) in [5.74, 6) is 0.0556. The van der Waals surface area contributed by atoms with Gasteiger partial charge in [-0.15, -0.1) is 0 Å².